The van der Waals surface area contributed by atoms with Crippen LogP contribution in [0.25, 0.3) is 11.2 Å². The predicted molar refractivity (Wildman–Crippen MR) is 106 cm³/mol. The van der Waals surface area contributed by atoms with Crippen LogP contribution in [0.1, 0.15) is 17.0 Å². The summed E-state index contributed by atoms with van der Waals surface area (Å²) < 4.78 is 7.02. The molecule has 0 spiro atoms. The molecule has 0 unspecified atom stereocenters. The first-order valence-electron chi connectivity index (χ1n) is 8.33. The number of esters is 1. The van der Waals surface area contributed by atoms with Crippen LogP contribution >= 0.6 is 11.3 Å². The van der Waals surface area contributed by atoms with Gasteiger partial charge in [-0.05, 0) is 43.7 Å². The highest BCUT2D eigenvalue weighted by atomic mass is 32.1. The van der Waals surface area contributed by atoms with E-state index in [1.165, 1.54) is 6.08 Å². The lowest BCUT2D eigenvalue weighted by atomic mass is 10.2. The number of nitrogens with zero attached hydrogens (tertiary/aromatic N) is 2. The molecule has 1 amide bonds. The largest absolute Gasteiger partial charge is 0.452 e. The van der Waals surface area contributed by atoms with Crippen molar-refractivity contribution in [3.05, 3.63) is 71.0 Å². The van der Waals surface area contributed by atoms with Crippen LogP contribution in [0, 0.1) is 13.8 Å². The highest BCUT2D eigenvalue weighted by molar-refractivity contribution is 7.12. The van der Waals surface area contributed by atoms with Crippen LogP contribution in [0.3, 0.4) is 0 Å². The molecule has 0 fully saturated rings. The lowest BCUT2D eigenvalue weighted by Gasteiger charge is -2.05. The van der Waals surface area contributed by atoms with Crippen molar-refractivity contribution < 1.29 is 14.3 Å². The minimum atomic E-state index is -0.572. The molecule has 0 saturated carbocycles. The Balaban J connectivity index is 1.57. The van der Waals surface area contributed by atoms with Crippen LogP contribution in [-0.2, 0) is 14.3 Å². The summed E-state index contributed by atoms with van der Waals surface area (Å²) >= 11 is 1.55. The smallest absolute Gasteiger partial charge is 0.331 e. The molecule has 2 aromatic heterocycles. The number of hydrogen-bond donors (Lipinski definition) is 1. The van der Waals surface area contributed by atoms with Gasteiger partial charge >= 0.3 is 5.97 Å². The van der Waals surface area contributed by atoms with Gasteiger partial charge in [-0.25, -0.2) is 9.78 Å². The highest BCUT2D eigenvalue weighted by Gasteiger charge is 2.11. The van der Waals surface area contributed by atoms with Crippen molar-refractivity contribution in [2.24, 2.45) is 0 Å². The Hall–Kier alpha value is -3.19. The maximum absolute atomic E-state index is 11.9. The second-order valence-corrected chi connectivity index (χ2v) is 6.70. The summed E-state index contributed by atoms with van der Waals surface area (Å²) in [5.74, 6) is -0.956. The van der Waals surface area contributed by atoms with E-state index in [1.54, 1.807) is 35.7 Å². The number of carbonyl (C=O) groups is 2. The van der Waals surface area contributed by atoms with Crippen LogP contribution in [-0.4, -0.2) is 28.0 Å². The Bertz CT molecular complexity index is 960. The molecule has 0 bridgehead atoms. The van der Waals surface area contributed by atoms with Crippen LogP contribution in [0.15, 0.2) is 54.1 Å². The number of benzene rings is 1. The Morgan fingerprint density at radius 1 is 1.26 bits per heavy atom. The molecular weight excluding hydrogens is 362 g/mol. The minimum Gasteiger partial charge on any atom is -0.452 e. The molecule has 0 radical (unpaired) electrons. The number of rotatable bonds is 6. The standard InChI is InChI=1S/C20H19N3O3S/c1-14-12-16(15(2)23(14)20-21-10-11-27-20)8-9-19(25)26-13-18(24)22-17-6-4-3-5-7-17/h3-12H,13H2,1-2H3,(H,22,24)/b9-8+. The van der Waals surface area contributed by atoms with Crippen LogP contribution in [0.2, 0.25) is 0 Å². The third kappa shape index (κ3) is 4.71. The van der Waals surface area contributed by atoms with E-state index in [2.05, 4.69) is 10.3 Å². The maximum atomic E-state index is 11.9. The number of anilines is 1. The van der Waals surface area contributed by atoms with Gasteiger partial charge in [0.25, 0.3) is 5.91 Å². The fourth-order valence-corrected chi connectivity index (χ4v) is 3.39. The fraction of sp³-hybridized carbons (Fsp3) is 0.150. The first-order valence-corrected chi connectivity index (χ1v) is 9.21. The van der Waals surface area contributed by atoms with Crippen molar-refractivity contribution in [2.45, 2.75) is 13.8 Å². The van der Waals surface area contributed by atoms with Gasteiger partial charge in [0.2, 0.25) is 0 Å². The number of nitrogens with one attached hydrogen (secondary N) is 1. The van der Waals surface area contributed by atoms with Gasteiger partial charge in [-0.15, -0.1) is 11.3 Å². The summed E-state index contributed by atoms with van der Waals surface area (Å²) in [6.45, 7) is 3.61. The summed E-state index contributed by atoms with van der Waals surface area (Å²) in [6.07, 6.45) is 4.76. The van der Waals surface area contributed by atoms with Gasteiger partial charge in [0.05, 0.1) is 0 Å². The van der Waals surface area contributed by atoms with E-state index in [4.69, 9.17) is 4.74 Å². The van der Waals surface area contributed by atoms with Gasteiger partial charge in [0, 0.05) is 34.7 Å². The summed E-state index contributed by atoms with van der Waals surface area (Å²) in [7, 11) is 0. The number of para-hydroxylation sites is 1. The molecule has 0 saturated heterocycles. The molecule has 6 nitrogen and oxygen atoms in total. The lowest BCUT2D eigenvalue weighted by Crippen LogP contribution is -2.20. The molecule has 0 atom stereocenters. The third-order valence-electron chi connectivity index (χ3n) is 3.88. The van der Waals surface area contributed by atoms with E-state index in [-0.39, 0.29) is 12.5 Å². The Labute approximate surface area is 161 Å². The third-order valence-corrected chi connectivity index (χ3v) is 4.64. The second-order valence-electron chi connectivity index (χ2n) is 5.83. The van der Waals surface area contributed by atoms with E-state index in [0.29, 0.717) is 5.69 Å². The lowest BCUT2D eigenvalue weighted by molar-refractivity contribution is -0.142. The summed E-state index contributed by atoms with van der Waals surface area (Å²) in [5.41, 5.74) is 3.56. The van der Waals surface area contributed by atoms with E-state index < -0.39 is 5.97 Å². The molecule has 1 aromatic carbocycles. The van der Waals surface area contributed by atoms with Crippen molar-refractivity contribution in [2.75, 3.05) is 11.9 Å². The van der Waals surface area contributed by atoms with Crippen LogP contribution in [0.5, 0.6) is 0 Å². The second kappa shape index (κ2) is 8.46. The number of amides is 1. The van der Waals surface area contributed by atoms with Gasteiger partial charge in [-0.3, -0.25) is 9.36 Å². The average Bonchev–Trinajstić information content (AvgIpc) is 3.27. The molecule has 1 N–H and O–H groups in total. The number of aryl methyl sites for hydroxylation is 1. The topological polar surface area (TPSA) is 73.2 Å². The van der Waals surface area contributed by atoms with E-state index >= 15 is 0 Å². The molecule has 0 aliphatic heterocycles. The number of ether oxygens (including phenoxy) is 1. The molecule has 2 heterocycles. The molecule has 0 aliphatic carbocycles. The highest BCUT2D eigenvalue weighted by Crippen LogP contribution is 2.23. The minimum absolute atomic E-state index is 0.337. The van der Waals surface area contributed by atoms with E-state index in [0.717, 1.165) is 22.1 Å². The molecular formula is C20H19N3O3S. The summed E-state index contributed by atoms with van der Waals surface area (Å²) in [5, 5.41) is 5.45. The Morgan fingerprint density at radius 2 is 2.04 bits per heavy atom. The van der Waals surface area contributed by atoms with Crippen LogP contribution < -0.4 is 5.32 Å². The van der Waals surface area contributed by atoms with Crippen molar-refractivity contribution in [1.29, 1.82) is 0 Å². The quantitative estimate of drug-likeness (QED) is 0.521. The Kier molecular flexibility index (Phi) is 5.83. The molecule has 0 aliphatic rings. The predicted octanol–water partition coefficient (Wildman–Crippen LogP) is 3.75. The first kappa shape index (κ1) is 18.6. The summed E-state index contributed by atoms with van der Waals surface area (Å²) in [6, 6.07) is 11.0. The summed E-state index contributed by atoms with van der Waals surface area (Å²) in [4.78, 5) is 28.0. The average molecular weight is 381 g/mol. The van der Waals surface area contributed by atoms with Gasteiger partial charge < -0.3 is 10.1 Å². The van der Waals surface area contributed by atoms with Gasteiger partial charge in [0.1, 0.15) is 0 Å². The number of hydrogen-bond acceptors (Lipinski definition) is 5. The van der Waals surface area contributed by atoms with E-state index in [1.807, 2.05) is 48.1 Å². The van der Waals surface area contributed by atoms with Gasteiger partial charge in [-0.1, -0.05) is 18.2 Å². The van der Waals surface area contributed by atoms with E-state index in [9.17, 15) is 9.59 Å². The van der Waals surface area contributed by atoms with Crippen molar-refractivity contribution in [3.8, 4) is 5.13 Å². The van der Waals surface area contributed by atoms with Crippen LogP contribution in [0.4, 0.5) is 5.69 Å². The number of carbonyl (C=O) groups excluding carboxylic acids is 2. The zero-order valence-corrected chi connectivity index (χ0v) is 15.8. The van der Waals surface area contributed by atoms with Gasteiger partial charge in [-0.2, -0.15) is 0 Å². The Morgan fingerprint density at radius 3 is 2.74 bits per heavy atom. The van der Waals surface area contributed by atoms with Gasteiger partial charge in [0.15, 0.2) is 11.7 Å². The van der Waals surface area contributed by atoms with Crippen molar-refractivity contribution >= 4 is 35.0 Å². The molecule has 3 aromatic rings. The zero-order chi connectivity index (χ0) is 19.2. The monoisotopic (exact) mass is 381 g/mol. The fourth-order valence-electron chi connectivity index (χ4n) is 2.64. The number of aromatic nitrogens is 2. The molecule has 7 heteroatoms. The normalized spacial score (nSPS) is 10.9. The maximum Gasteiger partial charge on any atom is 0.331 e. The number of thiazole rings is 1. The first-order chi connectivity index (χ1) is 13.0. The molecule has 3 rings (SSSR count). The van der Waals surface area contributed by atoms with Crippen molar-refractivity contribution in [1.82, 2.24) is 9.55 Å². The van der Waals surface area contributed by atoms with Crippen molar-refractivity contribution in [3.63, 3.8) is 0 Å². The molecule has 27 heavy (non-hydrogen) atoms. The SMILES string of the molecule is Cc1cc(/C=C/C(=O)OCC(=O)Nc2ccccc2)c(C)n1-c1nccs1. The molecule has 138 valence electrons. The zero-order valence-electron chi connectivity index (χ0n) is 15.0.